The molecule has 0 spiro atoms. The highest BCUT2D eigenvalue weighted by atomic mass is 19.1. The monoisotopic (exact) mass is 410 g/mol. The van der Waals surface area contributed by atoms with Gasteiger partial charge >= 0.3 is 6.03 Å². The number of urea groups is 1. The molecule has 5 fully saturated rings. The number of carbonyl (C=O) groups excluding carboxylic acids is 1. The summed E-state index contributed by atoms with van der Waals surface area (Å²) in [6.07, 6.45) is 9.23. The molecule has 1 atom stereocenters. The molecular formula is C23H27FN4O2. The number of likely N-dealkylation sites (tertiary alicyclic amines) is 1. The van der Waals surface area contributed by atoms with E-state index in [0.717, 1.165) is 49.9 Å². The second-order valence-corrected chi connectivity index (χ2v) is 9.94. The zero-order valence-electron chi connectivity index (χ0n) is 17.0. The van der Waals surface area contributed by atoms with Crippen molar-refractivity contribution in [2.75, 3.05) is 6.54 Å². The van der Waals surface area contributed by atoms with Gasteiger partial charge in [-0.2, -0.15) is 4.98 Å². The number of amides is 2. The highest BCUT2D eigenvalue weighted by molar-refractivity contribution is 5.76. The molecule has 30 heavy (non-hydrogen) atoms. The van der Waals surface area contributed by atoms with Crippen LogP contribution in [0.15, 0.2) is 28.8 Å². The molecule has 1 aliphatic heterocycles. The van der Waals surface area contributed by atoms with E-state index in [9.17, 15) is 9.18 Å². The van der Waals surface area contributed by atoms with Gasteiger partial charge in [-0.15, -0.1) is 0 Å². The lowest BCUT2D eigenvalue weighted by Gasteiger charge is -2.57. The first-order valence-electron chi connectivity index (χ1n) is 11.3. The third-order valence-electron chi connectivity index (χ3n) is 7.75. The van der Waals surface area contributed by atoms with Crippen molar-refractivity contribution in [3.8, 4) is 11.4 Å². The summed E-state index contributed by atoms with van der Waals surface area (Å²) in [5.74, 6) is 2.97. The van der Waals surface area contributed by atoms with Crippen molar-refractivity contribution in [1.29, 1.82) is 0 Å². The number of hydrogen-bond acceptors (Lipinski definition) is 4. The van der Waals surface area contributed by atoms with Gasteiger partial charge in [-0.1, -0.05) is 5.16 Å². The molecule has 1 aromatic heterocycles. The van der Waals surface area contributed by atoms with Crippen molar-refractivity contribution >= 4 is 6.03 Å². The Morgan fingerprint density at radius 1 is 1.10 bits per heavy atom. The van der Waals surface area contributed by atoms with E-state index in [1.165, 1.54) is 31.4 Å². The summed E-state index contributed by atoms with van der Waals surface area (Å²) in [5.41, 5.74) is 0.696. The lowest BCUT2D eigenvalue weighted by Crippen LogP contribution is -2.61. The lowest BCUT2D eigenvalue weighted by atomic mass is 9.53. The first-order valence-corrected chi connectivity index (χ1v) is 11.3. The molecular weight excluding hydrogens is 383 g/mol. The molecule has 0 unspecified atom stereocenters. The number of benzene rings is 1. The quantitative estimate of drug-likeness (QED) is 0.797. The third kappa shape index (κ3) is 3.10. The first-order chi connectivity index (χ1) is 14.6. The van der Waals surface area contributed by atoms with Crippen LogP contribution in [0.25, 0.3) is 11.4 Å². The van der Waals surface area contributed by atoms with Gasteiger partial charge in [-0.25, -0.2) is 9.18 Å². The second kappa shape index (κ2) is 6.79. The van der Waals surface area contributed by atoms with Gasteiger partial charge in [0.1, 0.15) is 11.9 Å². The van der Waals surface area contributed by atoms with Gasteiger partial charge in [0, 0.05) is 17.6 Å². The van der Waals surface area contributed by atoms with E-state index in [1.54, 1.807) is 12.1 Å². The molecule has 2 amide bonds. The standard InChI is InChI=1S/C23H27FN4O2/c24-18-5-3-17(4-6-18)20-25-21(30-27-20)19-2-1-7-28(19)22(29)26-23-11-14-8-15(12-23)10-16(9-14)13-23/h3-6,14-16,19H,1-2,7-13H2,(H,26,29)/t14?,15?,16?,19-,23?/m1/s1. The van der Waals surface area contributed by atoms with Crippen LogP contribution in [0.4, 0.5) is 9.18 Å². The van der Waals surface area contributed by atoms with Crippen LogP contribution in [0, 0.1) is 23.6 Å². The van der Waals surface area contributed by atoms with Crippen molar-refractivity contribution in [2.24, 2.45) is 17.8 Å². The predicted molar refractivity (Wildman–Crippen MR) is 108 cm³/mol. The van der Waals surface area contributed by atoms with Crippen molar-refractivity contribution < 1.29 is 13.7 Å². The van der Waals surface area contributed by atoms with Crippen LogP contribution in [-0.4, -0.2) is 33.2 Å². The minimum Gasteiger partial charge on any atom is -0.337 e. The van der Waals surface area contributed by atoms with Crippen molar-refractivity contribution in [1.82, 2.24) is 20.4 Å². The minimum atomic E-state index is -0.300. The molecule has 1 aromatic carbocycles. The Labute approximate surface area is 175 Å². The van der Waals surface area contributed by atoms with Crippen LogP contribution in [0.2, 0.25) is 0 Å². The molecule has 5 aliphatic rings. The van der Waals surface area contributed by atoms with Gasteiger partial charge in [-0.05, 0) is 93.4 Å². The summed E-state index contributed by atoms with van der Waals surface area (Å²) in [6, 6.07) is 5.85. The highest BCUT2D eigenvalue weighted by Gasteiger charge is 2.52. The summed E-state index contributed by atoms with van der Waals surface area (Å²) in [6.45, 7) is 0.705. The average molecular weight is 410 g/mol. The predicted octanol–water partition coefficient (Wildman–Crippen LogP) is 4.69. The Kier molecular flexibility index (Phi) is 4.15. The van der Waals surface area contributed by atoms with Gasteiger partial charge in [-0.3, -0.25) is 0 Å². The first kappa shape index (κ1) is 18.3. The summed E-state index contributed by atoms with van der Waals surface area (Å²) < 4.78 is 18.7. The van der Waals surface area contributed by atoms with Crippen LogP contribution in [0.3, 0.4) is 0 Å². The topological polar surface area (TPSA) is 71.3 Å². The van der Waals surface area contributed by atoms with Gasteiger partial charge in [0.05, 0.1) is 0 Å². The van der Waals surface area contributed by atoms with Gasteiger partial charge in [0.15, 0.2) is 0 Å². The van der Waals surface area contributed by atoms with E-state index in [1.807, 2.05) is 4.90 Å². The van der Waals surface area contributed by atoms with E-state index in [2.05, 4.69) is 15.5 Å². The highest BCUT2D eigenvalue weighted by Crippen LogP contribution is 2.55. The Morgan fingerprint density at radius 2 is 1.77 bits per heavy atom. The van der Waals surface area contributed by atoms with E-state index in [0.29, 0.717) is 23.8 Å². The molecule has 2 heterocycles. The van der Waals surface area contributed by atoms with Crippen LogP contribution >= 0.6 is 0 Å². The lowest BCUT2D eigenvalue weighted by molar-refractivity contribution is -0.0160. The fraction of sp³-hybridized carbons (Fsp3) is 0.609. The van der Waals surface area contributed by atoms with Crippen molar-refractivity contribution in [3.63, 3.8) is 0 Å². The van der Waals surface area contributed by atoms with E-state index in [4.69, 9.17) is 4.52 Å². The number of hydrogen-bond donors (Lipinski definition) is 1. The molecule has 6 nitrogen and oxygen atoms in total. The fourth-order valence-electron chi connectivity index (χ4n) is 6.92. The number of rotatable bonds is 3. The largest absolute Gasteiger partial charge is 0.337 e. The number of carbonyl (C=O) groups is 1. The zero-order chi connectivity index (χ0) is 20.3. The molecule has 4 saturated carbocycles. The third-order valence-corrected chi connectivity index (χ3v) is 7.75. The Morgan fingerprint density at radius 3 is 2.43 bits per heavy atom. The molecule has 7 heteroatoms. The maximum atomic E-state index is 13.3. The van der Waals surface area contributed by atoms with Gasteiger partial charge in [0.2, 0.25) is 11.7 Å². The Hall–Kier alpha value is -2.44. The number of aromatic nitrogens is 2. The molecule has 0 radical (unpaired) electrons. The Balaban J connectivity index is 1.19. The number of halogens is 1. The Bertz CT molecular complexity index is 921. The van der Waals surface area contributed by atoms with Gasteiger partial charge in [0.25, 0.3) is 0 Å². The smallest absolute Gasteiger partial charge is 0.318 e. The van der Waals surface area contributed by atoms with E-state index < -0.39 is 0 Å². The van der Waals surface area contributed by atoms with Gasteiger partial charge < -0.3 is 14.7 Å². The van der Waals surface area contributed by atoms with E-state index in [-0.39, 0.29) is 23.4 Å². The maximum absolute atomic E-state index is 13.3. The second-order valence-electron chi connectivity index (χ2n) is 9.94. The van der Waals surface area contributed by atoms with Crippen LogP contribution in [-0.2, 0) is 0 Å². The normalized spacial score (nSPS) is 34.5. The number of nitrogens with one attached hydrogen (secondary N) is 1. The van der Waals surface area contributed by atoms with E-state index >= 15 is 0 Å². The SMILES string of the molecule is O=C(NC12CC3CC(CC(C3)C1)C2)N1CCC[C@@H]1c1nc(-c2ccc(F)cc2)no1. The van der Waals surface area contributed by atoms with Crippen LogP contribution in [0.1, 0.15) is 63.3 Å². The van der Waals surface area contributed by atoms with Crippen LogP contribution < -0.4 is 5.32 Å². The molecule has 158 valence electrons. The molecule has 7 rings (SSSR count). The number of nitrogens with zero attached hydrogens (tertiary/aromatic N) is 3. The summed E-state index contributed by atoms with van der Waals surface area (Å²) >= 11 is 0. The minimum absolute atomic E-state index is 0.00686. The van der Waals surface area contributed by atoms with Crippen molar-refractivity contribution in [2.45, 2.75) is 62.9 Å². The average Bonchev–Trinajstić information content (AvgIpc) is 3.36. The summed E-state index contributed by atoms with van der Waals surface area (Å²) in [5, 5.41) is 7.53. The molecule has 4 bridgehead atoms. The zero-order valence-corrected chi connectivity index (χ0v) is 17.0. The summed E-state index contributed by atoms with van der Waals surface area (Å²) in [7, 11) is 0. The molecule has 1 saturated heterocycles. The molecule has 4 aliphatic carbocycles. The maximum Gasteiger partial charge on any atom is 0.318 e. The summed E-state index contributed by atoms with van der Waals surface area (Å²) in [4.78, 5) is 19.7. The van der Waals surface area contributed by atoms with Crippen molar-refractivity contribution in [3.05, 3.63) is 36.0 Å². The fourth-order valence-corrected chi connectivity index (χ4v) is 6.92. The molecule has 2 aromatic rings. The molecule has 1 N–H and O–H groups in total. The van der Waals surface area contributed by atoms with Crippen LogP contribution in [0.5, 0.6) is 0 Å².